The summed E-state index contributed by atoms with van der Waals surface area (Å²) in [5.41, 5.74) is 9.19. The van der Waals surface area contributed by atoms with Crippen molar-refractivity contribution in [2.24, 2.45) is 10.9 Å². The van der Waals surface area contributed by atoms with Gasteiger partial charge in [0.05, 0.1) is 10.9 Å². The molecule has 4 rings (SSSR count). The monoisotopic (exact) mass is 506 g/mol. The number of likely N-dealkylation sites (tertiary alicyclic amines) is 1. The molecular weight excluding hydrogens is 476 g/mol. The number of sulfonamides is 1. The SMILES string of the molecule is NC(C(=O)N1CCCC1C(=O)NCc1ccc(S(N)(=O)=O)cc1)C(c1ccccc1)c1ccccc1. The Hall–Kier alpha value is -3.53. The van der Waals surface area contributed by atoms with Crippen molar-refractivity contribution < 1.29 is 18.0 Å². The van der Waals surface area contributed by atoms with Gasteiger partial charge in [-0.05, 0) is 41.7 Å². The van der Waals surface area contributed by atoms with E-state index in [4.69, 9.17) is 10.9 Å². The summed E-state index contributed by atoms with van der Waals surface area (Å²) in [6.07, 6.45) is 1.26. The molecule has 3 aromatic carbocycles. The van der Waals surface area contributed by atoms with Crippen LogP contribution in [0.1, 0.15) is 35.4 Å². The number of nitrogens with two attached hydrogens (primary N) is 2. The Balaban J connectivity index is 1.47. The number of primary sulfonamides is 1. The van der Waals surface area contributed by atoms with Crippen LogP contribution in [-0.4, -0.2) is 43.8 Å². The second-order valence-electron chi connectivity index (χ2n) is 8.92. The van der Waals surface area contributed by atoms with E-state index >= 15 is 0 Å². The maximum atomic E-state index is 13.6. The molecule has 9 heteroatoms. The Morgan fingerprint density at radius 1 is 0.917 bits per heavy atom. The van der Waals surface area contributed by atoms with Gasteiger partial charge in [-0.15, -0.1) is 0 Å². The highest BCUT2D eigenvalue weighted by Gasteiger charge is 2.39. The maximum Gasteiger partial charge on any atom is 0.243 e. The number of carbonyl (C=O) groups excluding carboxylic acids is 2. The van der Waals surface area contributed by atoms with Crippen LogP contribution in [0.2, 0.25) is 0 Å². The minimum atomic E-state index is -3.78. The maximum absolute atomic E-state index is 13.6. The molecule has 1 fully saturated rings. The van der Waals surface area contributed by atoms with Gasteiger partial charge in [0.2, 0.25) is 21.8 Å². The van der Waals surface area contributed by atoms with E-state index in [9.17, 15) is 18.0 Å². The third-order valence-corrected chi connectivity index (χ3v) is 7.45. The van der Waals surface area contributed by atoms with E-state index in [0.29, 0.717) is 19.4 Å². The number of benzene rings is 3. The zero-order chi connectivity index (χ0) is 25.7. The summed E-state index contributed by atoms with van der Waals surface area (Å²) < 4.78 is 22.9. The summed E-state index contributed by atoms with van der Waals surface area (Å²) in [5.74, 6) is -0.871. The molecule has 5 N–H and O–H groups in total. The van der Waals surface area contributed by atoms with Gasteiger partial charge in [-0.2, -0.15) is 0 Å². The average Bonchev–Trinajstić information content (AvgIpc) is 3.38. The van der Waals surface area contributed by atoms with E-state index < -0.39 is 22.1 Å². The highest BCUT2D eigenvalue weighted by Crippen LogP contribution is 2.30. The minimum absolute atomic E-state index is 0.00511. The quantitative estimate of drug-likeness (QED) is 0.430. The molecule has 1 aliphatic heterocycles. The molecule has 36 heavy (non-hydrogen) atoms. The topological polar surface area (TPSA) is 136 Å². The van der Waals surface area contributed by atoms with Crippen molar-refractivity contribution in [1.82, 2.24) is 10.2 Å². The predicted octanol–water partition coefficient (Wildman–Crippen LogP) is 2.10. The van der Waals surface area contributed by atoms with Crippen molar-refractivity contribution in [2.75, 3.05) is 6.54 Å². The molecule has 0 radical (unpaired) electrons. The summed E-state index contributed by atoms with van der Waals surface area (Å²) in [6, 6.07) is 23.9. The van der Waals surface area contributed by atoms with Gasteiger partial charge in [0.15, 0.2) is 0 Å². The Labute approximate surface area is 211 Å². The average molecular weight is 507 g/mol. The summed E-state index contributed by atoms with van der Waals surface area (Å²) in [6.45, 7) is 0.662. The molecule has 2 amide bonds. The van der Waals surface area contributed by atoms with Gasteiger partial charge in [0, 0.05) is 19.0 Å². The van der Waals surface area contributed by atoms with Crippen molar-refractivity contribution in [3.8, 4) is 0 Å². The van der Waals surface area contributed by atoms with Crippen LogP contribution in [0.25, 0.3) is 0 Å². The van der Waals surface area contributed by atoms with E-state index in [-0.39, 0.29) is 29.2 Å². The molecule has 0 aliphatic carbocycles. The number of nitrogens with zero attached hydrogens (tertiary/aromatic N) is 1. The number of nitrogens with one attached hydrogen (secondary N) is 1. The first-order valence-electron chi connectivity index (χ1n) is 11.8. The fourth-order valence-electron chi connectivity index (χ4n) is 4.67. The molecule has 2 unspecified atom stereocenters. The van der Waals surface area contributed by atoms with Gasteiger partial charge in [-0.25, -0.2) is 13.6 Å². The van der Waals surface area contributed by atoms with Crippen molar-refractivity contribution in [2.45, 2.75) is 42.3 Å². The second kappa shape index (κ2) is 11.0. The van der Waals surface area contributed by atoms with Crippen LogP contribution >= 0.6 is 0 Å². The van der Waals surface area contributed by atoms with Gasteiger partial charge < -0.3 is 16.0 Å². The lowest BCUT2D eigenvalue weighted by molar-refractivity contribution is -0.139. The van der Waals surface area contributed by atoms with E-state index in [1.807, 2.05) is 60.7 Å². The highest BCUT2D eigenvalue weighted by molar-refractivity contribution is 7.89. The number of rotatable bonds is 8. The first-order chi connectivity index (χ1) is 17.3. The van der Waals surface area contributed by atoms with Crippen LogP contribution in [-0.2, 0) is 26.2 Å². The Morgan fingerprint density at radius 2 is 1.47 bits per heavy atom. The van der Waals surface area contributed by atoms with E-state index in [0.717, 1.165) is 16.7 Å². The van der Waals surface area contributed by atoms with Crippen molar-refractivity contribution >= 4 is 21.8 Å². The van der Waals surface area contributed by atoms with Gasteiger partial charge in [-0.1, -0.05) is 72.8 Å². The summed E-state index contributed by atoms with van der Waals surface area (Å²) in [7, 11) is -3.78. The molecule has 1 heterocycles. The lowest BCUT2D eigenvalue weighted by Gasteiger charge is -2.31. The van der Waals surface area contributed by atoms with Crippen LogP contribution in [0, 0.1) is 0 Å². The largest absolute Gasteiger partial charge is 0.350 e. The van der Waals surface area contributed by atoms with Crippen molar-refractivity contribution in [3.63, 3.8) is 0 Å². The summed E-state index contributed by atoms with van der Waals surface area (Å²) in [5, 5.41) is 7.99. The molecule has 0 aromatic heterocycles. The van der Waals surface area contributed by atoms with Crippen molar-refractivity contribution in [1.29, 1.82) is 0 Å². The third kappa shape index (κ3) is 5.81. The zero-order valence-corrected chi connectivity index (χ0v) is 20.6. The Morgan fingerprint density at radius 3 is 2.00 bits per heavy atom. The lowest BCUT2D eigenvalue weighted by atomic mass is 9.84. The second-order valence-corrected chi connectivity index (χ2v) is 10.5. The molecule has 2 atom stereocenters. The smallest absolute Gasteiger partial charge is 0.243 e. The fraction of sp³-hybridized carbons (Fsp3) is 0.259. The Bertz CT molecular complexity index is 1260. The first-order valence-corrected chi connectivity index (χ1v) is 13.4. The third-order valence-electron chi connectivity index (χ3n) is 6.52. The highest BCUT2D eigenvalue weighted by atomic mass is 32.2. The molecule has 0 saturated carbocycles. The number of hydrogen-bond donors (Lipinski definition) is 3. The van der Waals surface area contributed by atoms with Crippen LogP contribution in [0.5, 0.6) is 0 Å². The molecular formula is C27H30N4O4S. The van der Waals surface area contributed by atoms with Crippen molar-refractivity contribution in [3.05, 3.63) is 102 Å². The number of hydrogen-bond acceptors (Lipinski definition) is 5. The standard InChI is InChI=1S/C27H30N4O4S/c28-25(24(20-8-3-1-4-9-20)21-10-5-2-6-11-21)27(33)31-17-7-12-23(31)26(32)30-18-19-13-15-22(16-14-19)36(29,34)35/h1-6,8-11,13-16,23-25H,7,12,17-18,28H2,(H,30,32)(H2,29,34,35). The molecule has 0 bridgehead atoms. The number of amides is 2. The van der Waals surface area contributed by atoms with Crippen LogP contribution in [0.4, 0.5) is 0 Å². The molecule has 0 spiro atoms. The lowest BCUT2D eigenvalue weighted by Crippen LogP contribution is -2.52. The first kappa shape index (κ1) is 25.6. The zero-order valence-electron chi connectivity index (χ0n) is 19.8. The molecule has 1 aliphatic rings. The molecule has 3 aromatic rings. The molecule has 1 saturated heterocycles. The normalized spacial score (nSPS) is 16.6. The van der Waals surface area contributed by atoms with Crippen LogP contribution in [0.15, 0.2) is 89.8 Å². The fourth-order valence-corrected chi connectivity index (χ4v) is 5.18. The Kier molecular flexibility index (Phi) is 7.83. The van der Waals surface area contributed by atoms with E-state index in [1.165, 1.54) is 12.1 Å². The van der Waals surface area contributed by atoms with E-state index in [2.05, 4.69) is 5.32 Å². The summed E-state index contributed by atoms with van der Waals surface area (Å²) in [4.78, 5) is 28.2. The van der Waals surface area contributed by atoms with Gasteiger partial charge in [0.25, 0.3) is 0 Å². The minimum Gasteiger partial charge on any atom is -0.350 e. The van der Waals surface area contributed by atoms with Gasteiger partial charge >= 0.3 is 0 Å². The van der Waals surface area contributed by atoms with Gasteiger partial charge in [0.1, 0.15) is 6.04 Å². The van der Waals surface area contributed by atoms with E-state index in [1.54, 1.807) is 17.0 Å². The van der Waals surface area contributed by atoms with Crippen LogP contribution < -0.4 is 16.2 Å². The van der Waals surface area contributed by atoms with Gasteiger partial charge in [-0.3, -0.25) is 9.59 Å². The molecule has 188 valence electrons. The molecule has 8 nitrogen and oxygen atoms in total. The predicted molar refractivity (Wildman–Crippen MR) is 137 cm³/mol. The van der Waals surface area contributed by atoms with Crippen LogP contribution in [0.3, 0.4) is 0 Å². The summed E-state index contributed by atoms with van der Waals surface area (Å²) >= 11 is 0. The number of carbonyl (C=O) groups is 2.